The number of hydrogen-bond donors (Lipinski definition) is 2. The lowest BCUT2D eigenvalue weighted by Crippen LogP contribution is -1.99. The first kappa shape index (κ1) is 9.59. The van der Waals surface area contributed by atoms with E-state index < -0.39 is 5.97 Å². The predicted octanol–water partition coefficient (Wildman–Crippen LogP) is 2.57. The number of aromatic nitrogens is 1. The van der Waals surface area contributed by atoms with Crippen molar-refractivity contribution in [3.63, 3.8) is 0 Å². The molecule has 1 fully saturated rings. The summed E-state index contributed by atoms with van der Waals surface area (Å²) >= 11 is 1.42. The van der Waals surface area contributed by atoms with E-state index in [9.17, 15) is 4.79 Å². The minimum absolute atomic E-state index is 0.332. The zero-order valence-electron chi connectivity index (χ0n) is 8.43. The Balaban J connectivity index is 2.07. The third-order valence-electron chi connectivity index (χ3n) is 2.55. The molecule has 0 unspecified atom stereocenters. The fraction of sp³-hybridized carbons (Fsp3) is 0.273. The van der Waals surface area contributed by atoms with Crippen molar-refractivity contribution < 1.29 is 9.90 Å². The summed E-state index contributed by atoms with van der Waals surface area (Å²) < 4.78 is 0.748. The maximum atomic E-state index is 11.0. The Kier molecular flexibility index (Phi) is 2.07. The smallest absolute Gasteiger partial charge is 0.337 e. The lowest BCUT2D eigenvalue weighted by Gasteiger charge is -1.95. The maximum absolute atomic E-state index is 11.0. The SMILES string of the molecule is O=C(O)c1cccc2nc(NC3CC3)sc12. The third kappa shape index (κ3) is 1.63. The summed E-state index contributed by atoms with van der Waals surface area (Å²) in [6.45, 7) is 0. The summed E-state index contributed by atoms with van der Waals surface area (Å²) in [6, 6.07) is 5.72. The van der Waals surface area contributed by atoms with Gasteiger partial charge in [0.05, 0.1) is 15.8 Å². The van der Waals surface area contributed by atoms with Crippen LogP contribution in [0.5, 0.6) is 0 Å². The van der Waals surface area contributed by atoms with Crippen molar-refractivity contribution in [3.8, 4) is 0 Å². The van der Waals surface area contributed by atoms with E-state index in [4.69, 9.17) is 5.11 Å². The van der Waals surface area contributed by atoms with Gasteiger partial charge in [-0.25, -0.2) is 9.78 Å². The molecule has 1 aliphatic carbocycles. The number of benzene rings is 1. The fourth-order valence-corrected chi connectivity index (χ4v) is 2.63. The Morgan fingerprint density at radius 1 is 1.50 bits per heavy atom. The van der Waals surface area contributed by atoms with E-state index in [1.807, 2.05) is 6.07 Å². The van der Waals surface area contributed by atoms with E-state index >= 15 is 0 Å². The van der Waals surface area contributed by atoms with Gasteiger partial charge in [0.1, 0.15) is 0 Å². The van der Waals surface area contributed by atoms with Crippen molar-refractivity contribution in [1.29, 1.82) is 0 Å². The average Bonchev–Trinajstić information content (AvgIpc) is 2.95. The van der Waals surface area contributed by atoms with Gasteiger partial charge in [-0.1, -0.05) is 17.4 Å². The molecule has 1 heterocycles. The molecule has 2 aromatic rings. The van der Waals surface area contributed by atoms with Gasteiger partial charge in [0, 0.05) is 6.04 Å². The number of rotatable bonds is 3. The molecule has 1 aliphatic rings. The standard InChI is InChI=1S/C11H10N2O2S/c14-10(15)7-2-1-3-8-9(7)16-11(13-8)12-6-4-5-6/h1-3,6H,4-5H2,(H,12,13)(H,14,15). The van der Waals surface area contributed by atoms with Crippen LogP contribution in [0, 0.1) is 0 Å². The monoisotopic (exact) mass is 234 g/mol. The number of aromatic carboxylic acids is 1. The Labute approximate surface area is 95.9 Å². The highest BCUT2D eigenvalue weighted by Crippen LogP contribution is 2.32. The molecule has 0 spiro atoms. The Bertz CT molecular complexity index is 560. The maximum Gasteiger partial charge on any atom is 0.337 e. The molecule has 4 nitrogen and oxygen atoms in total. The summed E-state index contributed by atoms with van der Waals surface area (Å²) in [4.78, 5) is 15.4. The van der Waals surface area contributed by atoms with Crippen molar-refractivity contribution in [2.75, 3.05) is 5.32 Å². The molecule has 3 rings (SSSR count). The van der Waals surface area contributed by atoms with Crippen LogP contribution in [0.3, 0.4) is 0 Å². The van der Waals surface area contributed by atoms with Gasteiger partial charge in [0.2, 0.25) is 0 Å². The Hall–Kier alpha value is -1.62. The van der Waals surface area contributed by atoms with Crippen LogP contribution < -0.4 is 5.32 Å². The van der Waals surface area contributed by atoms with Crippen LogP contribution in [-0.4, -0.2) is 22.1 Å². The number of nitrogens with one attached hydrogen (secondary N) is 1. The first-order chi connectivity index (χ1) is 7.74. The zero-order valence-corrected chi connectivity index (χ0v) is 9.25. The summed E-state index contributed by atoms with van der Waals surface area (Å²) in [5.74, 6) is -0.896. The molecule has 0 atom stereocenters. The minimum atomic E-state index is -0.896. The molecule has 0 bridgehead atoms. The molecule has 0 aliphatic heterocycles. The summed E-state index contributed by atoms with van der Waals surface area (Å²) in [6.07, 6.45) is 2.36. The van der Waals surface area contributed by atoms with Gasteiger partial charge in [-0.05, 0) is 25.0 Å². The van der Waals surface area contributed by atoms with E-state index in [-0.39, 0.29) is 0 Å². The predicted molar refractivity (Wildman–Crippen MR) is 63.2 cm³/mol. The molecular formula is C11H10N2O2S. The molecule has 1 saturated carbocycles. The zero-order chi connectivity index (χ0) is 11.1. The van der Waals surface area contributed by atoms with Crippen molar-refractivity contribution in [2.24, 2.45) is 0 Å². The van der Waals surface area contributed by atoms with Gasteiger partial charge in [0.15, 0.2) is 5.13 Å². The number of fused-ring (bicyclic) bond motifs is 1. The Morgan fingerprint density at radius 3 is 3.00 bits per heavy atom. The molecule has 1 aromatic carbocycles. The van der Waals surface area contributed by atoms with Crippen molar-refractivity contribution in [2.45, 2.75) is 18.9 Å². The molecule has 0 saturated heterocycles. The molecule has 2 N–H and O–H groups in total. The molecule has 16 heavy (non-hydrogen) atoms. The van der Waals surface area contributed by atoms with Crippen LogP contribution in [0.25, 0.3) is 10.2 Å². The van der Waals surface area contributed by atoms with Gasteiger partial charge >= 0.3 is 5.97 Å². The quantitative estimate of drug-likeness (QED) is 0.856. The van der Waals surface area contributed by atoms with Crippen LogP contribution in [0.1, 0.15) is 23.2 Å². The number of anilines is 1. The first-order valence-corrected chi connectivity index (χ1v) is 5.95. The van der Waals surface area contributed by atoms with E-state index in [2.05, 4.69) is 10.3 Å². The number of carboxylic acid groups (broad SMARTS) is 1. The Morgan fingerprint density at radius 2 is 2.31 bits per heavy atom. The highest BCUT2D eigenvalue weighted by Gasteiger charge is 2.22. The van der Waals surface area contributed by atoms with E-state index in [0.29, 0.717) is 11.6 Å². The highest BCUT2D eigenvalue weighted by molar-refractivity contribution is 7.22. The summed E-state index contributed by atoms with van der Waals surface area (Å²) in [5.41, 5.74) is 1.09. The van der Waals surface area contributed by atoms with Crippen molar-refractivity contribution in [1.82, 2.24) is 4.98 Å². The number of nitrogens with zero attached hydrogens (tertiary/aromatic N) is 1. The molecule has 0 amide bonds. The second-order valence-corrected chi connectivity index (χ2v) is 4.90. The molecule has 0 radical (unpaired) electrons. The largest absolute Gasteiger partial charge is 0.478 e. The minimum Gasteiger partial charge on any atom is -0.478 e. The third-order valence-corrected chi connectivity index (χ3v) is 3.59. The van der Waals surface area contributed by atoms with E-state index in [1.165, 1.54) is 24.2 Å². The fourth-order valence-electron chi connectivity index (χ4n) is 1.58. The number of thiazole rings is 1. The molecule has 1 aromatic heterocycles. The van der Waals surface area contributed by atoms with Crippen molar-refractivity contribution in [3.05, 3.63) is 23.8 Å². The second-order valence-electron chi connectivity index (χ2n) is 3.90. The van der Waals surface area contributed by atoms with Gasteiger partial charge < -0.3 is 10.4 Å². The number of hydrogen-bond acceptors (Lipinski definition) is 4. The van der Waals surface area contributed by atoms with Crippen molar-refractivity contribution >= 4 is 32.7 Å². The normalized spacial score (nSPS) is 15.2. The first-order valence-electron chi connectivity index (χ1n) is 5.13. The van der Waals surface area contributed by atoms with Crippen LogP contribution in [0.15, 0.2) is 18.2 Å². The average molecular weight is 234 g/mol. The lowest BCUT2D eigenvalue weighted by atomic mass is 10.2. The molecular weight excluding hydrogens is 224 g/mol. The summed E-state index contributed by atoms with van der Waals surface area (Å²) in [5, 5.41) is 13.2. The van der Waals surface area contributed by atoms with Gasteiger partial charge in [-0.15, -0.1) is 0 Å². The van der Waals surface area contributed by atoms with Crippen LogP contribution >= 0.6 is 11.3 Å². The van der Waals surface area contributed by atoms with Crippen LogP contribution in [0.2, 0.25) is 0 Å². The molecule has 5 heteroatoms. The lowest BCUT2D eigenvalue weighted by molar-refractivity contribution is 0.0699. The highest BCUT2D eigenvalue weighted by atomic mass is 32.1. The van der Waals surface area contributed by atoms with E-state index in [0.717, 1.165) is 15.3 Å². The second kappa shape index (κ2) is 3.45. The van der Waals surface area contributed by atoms with Gasteiger partial charge in [-0.3, -0.25) is 0 Å². The summed E-state index contributed by atoms with van der Waals surface area (Å²) in [7, 11) is 0. The van der Waals surface area contributed by atoms with Gasteiger partial charge in [-0.2, -0.15) is 0 Å². The molecule has 82 valence electrons. The van der Waals surface area contributed by atoms with E-state index in [1.54, 1.807) is 12.1 Å². The van der Waals surface area contributed by atoms with Crippen LogP contribution in [-0.2, 0) is 0 Å². The topological polar surface area (TPSA) is 62.2 Å². The number of carboxylic acids is 1. The number of carbonyl (C=O) groups is 1. The van der Waals surface area contributed by atoms with Gasteiger partial charge in [0.25, 0.3) is 0 Å². The van der Waals surface area contributed by atoms with Crippen LogP contribution in [0.4, 0.5) is 5.13 Å².